The Bertz CT molecular complexity index is 1220. The Morgan fingerprint density at radius 1 is 0.897 bits per heavy atom. The molecule has 0 aliphatic carbocycles. The van der Waals surface area contributed by atoms with Crippen molar-refractivity contribution in [1.29, 1.82) is 0 Å². The Morgan fingerprint density at radius 2 is 1.51 bits per heavy atom. The van der Waals surface area contributed by atoms with Crippen LogP contribution in [0.1, 0.15) is 79.2 Å². The lowest BCUT2D eigenvalue weighted by molar-refractivity contribution is -0.138. The van der Waals surface area contributed by atoms with E-state index in [0.29, 0.717) is 49.7 Å². The third-order valence-electron chi connectivity index (χ3n) is 6.66. The molecular weight excluding hydrogens is 515 g/mol. The van der Waals surface area contributed by atoms with Gasteiger partial charge in [-0.3, -0.25) is 9.59 Å². The van der Waals surface area contributed by atoms with E-state index in [9.17, 15) is 14.7 Å². The van der Waals surface area contributed by atoms with Crippen molar-refractivity contribution < 1.29 is 28.3 Å². The van der Waals surface area contributed by atoms with Crippen LogP contribution in [0.15, 0.2) is 60.7 Å². The van der Waals surface area contributed by atoms with Crippen LogP contribution < -0.4 is 5.32 Å². The lowest BCUT2D eigenvalue weighted by atomic mass is 10.1. The van der Waals surface area contributed by atoms with E-state index in [-0.39, 0.29) is 5.78 Å². The summed E-state index contributed by atoms with van der Waals surface area (Å²) in [7, 11) is -1.36. The van der Waals surface area contributed by atoms with Gasteiger partial charge in [-0.1, -0.05) is 38.8 Å². The number of rotatable bonds is 16. The number of nitrogens with zero attached hydrogens (tertiary/aromatic N) is 1. The second-order valence-corrected chi connectivity index (χ2v) is 10.8. The Labute approximate surface area is 231 Å². The second kappa shape index (κ2) is 14.4. The van der Waals surface area contributed by atoms with Gasteiger partial charge >= 0.3 is 14.6 Å². The van der Waals surface area contributed by atoms with Crippen LogP contribution in [0.25, 0.3) is 0 Å². The van der Waals surface area contributed by atoms with Gasteiger partial charge in [0.15, 0.2) is 0 Å². The summed E-state index contributed by atoms with van der Waals surface area (Å²) >= 11 is 0. The molecule has 0 spiro atoms. The van der Waals surface area contributed by atoms with Gasteiger partial charge < -0.3 is 28.6 Å². The normalized spacial score (nSPS) is 14.5. The highest BCUT2D eigenvalue weighted by atomic mass is 31.2. The molecule has 0 amide bonds. The van der Waals surface area contributed by atoms with Crippen molar-refractivity contribution in [3.05, 3.63) is 83.2 Å². The van der Waals surface area contributed by atoms with Crippen molar-refractivity contribution in [3.8, 4) is 0 Å². The predicted molar refractivity (Wildman–Crippen MR) is 152 cm³/mol. The number of carboxylic acids is 1. The molecule has 0 fully saturated rings. The number of hydrogen-bond acceptors (Lipinski definition) is 6. The van der Waals surface area contributed by atoms with Gasteiger partial charge in [-0.25, -0.2) is 0 Å². The molecule has 208 valence electrons. The highest BCUT2D eigenvalue weighted by molar-refractivity contribution is 7.41. The van der Waals surface area contributed by atoms with Gasteiger partial charge in [0.25, 0.3) is 0 Å². The van der Waals surface area contributed by atoms with E-state index in [0.717, 1.165) is 42.6 Å². The number of carbonyl (C=O) groups excluding carboxylic acids is 1. The van der Waals surface area contributed by atoms with Crippen LogP contribution in [-0.2, 0) is 31.5 Å². The van der Waals surface area contributed by atoms with Gasteiger partial charge in [-0.15, -0.1) is 0 Å². The SMILES string of the molecule is CCCCOP(OCCCC)OCc1ccc(Nc2ccc(C(=O)c3ccc4n3CCC4C(=O)O)cc2)cc1. The smallest absolute Gasteiger partial charge is 0.332 e. The maximum atomic E-state index is 13.1. The molecule has 1 aliphatic rings. The summed E-state index contributed by atoms with van der Waals surface area (Å²) in [6.07, 6.45) is 4.61. The number of aliphatic carboxylic acids is 1. The molecule has 1 unspecified atom stereocenters. The van der Waals surface area contributed by atoms with Crippen LogP contribution in [-0.4, -0.2) is 34.6 Å². The molecule has 0 bridgehead atoms. The van der Waals surface area contributed by atoms with Gasteiger partial charge in [-0.2, -0.15) is 0 Å². The minimum Gasteiger partial charge on any atom is -0.481 e. The quantitative estimate of drug-likeness (QED) is 0.108. The zero-order valence-corrected chi connectivity index (χ0v) is 23.5. The monoisotopic (exact) mass is 552 g/mol. The first-order valence-electron chi connectivity index (χ1n) is 13.6. The van der Waals surface area contributed by atoms with Crippen molar-refractivity contribution in [1.82, 2.24) is 4.57 Å². The first-order valence-corrected chi connectivity index (χ1v) is 14.7. The number of carboxylic acid groups (broad SMARTS) is 1. The lowest BCUT2D eigenvalue weighted by Gasteiger charge is -2.17. The van der Waals surface area contributed by atoms with Crippen molar-refractivity contribution >= 4 is 31.7 Å². The summed E-state index contributed by atoms with van der Waals surface area (Å²) in [4.78, 5) is 24.5. The van der Waals surface area contributed by atoms with Crippen molar-refractivity contribution in [2.24, 2.45) is 0 Å². The molecule has 2 N–H and O–H groups in total. The van der Waals surface area contributed by atoms with Crippen molar-refractivity contribution in [2.75, 3.05) is 18.5 Å². The number of anilines is 2. The topological polar surface area (TPSA) is 99.0 Å². The Morgan fingerprint density at radius 3 is 2.10 bits per heavy atom. The molecule has 0 saturated heterocycles. The molecule has 9 heteroatoms. The van der Waals surface area contributed by atoms with Crippen molar-refractivity contribution in [3.63, 3.8) is 0 Å². The number of aromatic nitrogens is 1. The molecule has 1 atom stereocenters. The third-order valence-corrected chi connectivity index (χ3v) is 7.79. The van der Waals surface area contributed by atoms with Crippen LogP contribution in [0.5, 0.6) is 0 Å². The maximum absolute atomic E-state index is 13.1. The van der Waals surface area contributed by atoms with E-state index in [1.807, 2.05) is 41.0 Å². The van der Waals surface area contributed by atoms with E-state index in [2.05, 4.69) is 19.2 Å². The summed E-state index contributed by atoms with van der Waals surface area (Å²) in [6.45, 7) is 6.49. The third kappa shape index (κ3) is 7.76. The standard InChI is InChI=1S/C30H37N2O6P/c1-3-5-19-36-39(37-20-6-4-2)38-21-22-7-11-24(12-8-22)31-25-13-9-23(10-14-25)29(33)28-16-15-27-26(30(34)35)17-18-32(27)28/h7-16,26,31H,3-6,17-21H2,1-2H3,(H,34,35). The fourth-order valence-corrected chi connectivity index (χ4v) is 5.44. The van der Waals surface area contributed by atoms with E-state index in [1.165, 1.54) is 0 Å². The fourth-order valence-electron chi connectivity index (χ4n) is 4.40. The Kier molecular flexibility index (Phi) is 10.7. The fraction of sp³-hybridized carbons (Fsp3) is 0.400. The molecule has 8 nitrogen and oxygen atoms in total. The van der Waals surface area contributed by atoms with Crippen LogP contribution in [0.4, 0.5) is 11.4 Å². The Hall–Kier alpha value is -3.03. The molecule has 39 heavy (non-hydrogen) atoms. The van der Waals surface area contributed by atoms with Crippen LogP contribution in [0, 0.1) is 0 Å². The zero-order chi connectivity index (χ0) is 27.6. The Balaban J connectivity index is 1.31. The summed E-state index contributed by atoms with van der Waals surface area (Å²) in [6, 6.07) is 18.8. The largest absolute Gasteiger partial charge is 0.481 e. The molecule has 1 aromatic heterocycles. The second-order valence-electron chi connectivity index (χ2n) is 9.57. The lowest BCUT2D eigenvalue weighted by Crippen LogP contribution is -2.10. The van der Waals surface area contributed by atoms with Gasteiger partial charge in [0, 0.05) is 29.2 Å². The van der Waals surface area contributed by atoms with Crippen molar-refractivity contribution in [2.45, 2.75) is 65.0 Å². The number of benzene rings is 2. The summed E-state index contributed by atoms with van der Waals surface area (Å²) < 4.78 is 19.4. The first-order chi connectivity index (χ1) is 19.0. The summed E-state index contributed by atoms with van der Waals surface area (Å²) in [5.41, 5.74) is 4.59. The predicted octanol–water partition coefficient (Wildman–Crippen LogP) is 7.41. The van der Waals surface area contributed by atoms with Gasteiger partial charge in [0.2, 0.25) is 5.78 Å². The first kappa shape index (κ1) is 29.0. The van der Waals surface area contributed by atoms with Gasteiger partial charge in [-0.05, 0) is 73.4 Å². The van der Waals surface area contributed by atoms with Gasteiger partial charge in [0.05, 0.1) is 31.4 Å². The number of nitrogens with one attached hydrogen (secondary N) is 1. The molecule has 1 aliphatic heterocycles. The molecule has 0 saturated carbocycles. The molecule has 2 heterocycles. The summed E-state index contributed by atoms with van der Waals surface area (Å²) in [5, 5.41) is 12.7. The number of carbonyl (C=O) groups is 2. The van der Waals surface area contributed by atoms with E-state index >= 15 is 0 Å². The molecule has 2 aromatic carbocycles. The number of fused-ring (bicyclic) bond motifs is 1. The average Bonchev–Trinajstić information content (AvgIpc) is 3.55. The molecule has 0 radical (unpaired) electrons. The van der Waals surface area contributed by atoms with E-state index in [4.69, 9.17) is 13.6 Å². The minimum absolute atomic E-state index is 0.111. The van der Waals surface area contributed by atoms with E-state index in [1.54, 1.807) is 24.3 Å². The average molecular weight is 553 g/mol. The van der Waals surface area contributed by atoms with Gasteiger partial charge in [0.1, 0.15) is 0 Å². The van der Waals surface area contributed by atoms with E-state index < -0.39 is 20.5 Å². The number of hydrogen-bond donors (Lipinski definition) is 2. The maximum Gasteiger partial charge on any atom is 0.332 e. The highest BCUT2D eigenvalue weighted by Gasteiger charge is 2.31. The molecule has 4 rings (SSSR count). The number of unbranched alkanes of at least 4 members (excludes halogenated alkanes) is 2. The van der Waals surface area contributed by atoms with Crippen LogP contribution in [0.3, 0.4) is 0 Å². The van der Waals surface area contributed by atoms with Crippen LogP contribution in [0.2, 0.25) is 0 Å². The van der Waals surface area contributed by atoms with Crippen LogP contribution >= 0.6 is 8.60 Å². The highest BCUT2D eigenvalue weighted by Crippen LogP contribution is 2.41. The summed E-state index contributed by atoms with van der Waals surface area (Å²) in [5.74, 6) is -1.50. The number of ketones is 1. The zero-order valence-electron chi connectivity index (χ0n) is 22.6. The molecule has 3 aromatic rings. The minimum atomic E-state index is -1.36. The molecular formula is C30H37N2O6P.